The van der Waals surface area contributed by atoms with Crippen LogP contribution in [0.4, 0.5) is 0 Å². The monoisotopic (exact) mass is 239 g/mol. The molecule has 2 N–H and O–H groups in total. The van der Waals surface area contributed by atoms with E-state index in [9.17, 15) is 5.11 Å². The van der Waals surface area contributed by atoms with Crippen molar-refractivity contribution in [2.45, 2.75) is 37.5 Å². The van der Waals surface area contributed by atoms with Crippen molar-refractivity contribution in [1.82, 2.24) is 15.1 Å². The number of nitrogens with zero attached hydrogens (tertiary/aromatic N) is 2. The Bertz CT molecular complexity index is 273. The Morgan fingerprint density at radius 2 is 2.00 bits per heavy atom. The molecule has 0 bridgehead atoms. The highest BCUT2D eigenvalue weighted by molar-refractivity contribution is 4.95. The van der Waals surface area contributed by atoms with E-state index in [2.05, 4.69) is 22.2 Å². The lowest BCUT2D eigenvalue weighted by atomic mass is 9.83. The van der Waals surface area contributed by atoms with Crippen molar-refractivity contribution in [2.75, 3.05) is 39.8 Å². The Morgan fingerprint density at radius 1 is 1.12 bits per heavy atom. The summed E-state index contributed by atoms with van der Waals surface area (Å²) in [7, 11) is 2.28. The fourth-order valence-corrected chi connectivity index (χ4v) is 4.01. The number of β-amino-alcohol motifs (C(OH)–C–C–N with tert-alkyl or cyclic N) is 1. The van der Waals surface area contributed by atoms with E-state index in [-0.39, 0.29) is 6.10 Å². The summed E-state index contributed by atoms with van der Waals surface area (Å²) in [5.41, 5.74) is 0. The van der Waals surface area contributed by atoms with Crippen molar-refractivity contribution < 1.29 is 5.11 Å². The molecule has 3 fully saturated rings. The molecule has 98 valence electrons. The average molecular weight is 239 g/mol. The van der Waals surface area contributed by atoms with Gasteiger partial charge in [0, 0.05) is 38.3 Å². The molecule has 17 heavy (non-hydrogen) atoms. The van der Waals surface area contributed by atoms with E-state index in [1.807, 2.05) is 0 Å². The molecule has 4 heteroatoms. The van der Waals surface area contributed by atoms with Crippen LogP contribution in [0.25, 0.3) is 0 Å². The normalized spacial score (nSPS) is 44.8. The number of piperidine rings is 2. The molecule has 0 aromatic rings. The summed E-state index contributed by atoms with van der Waals surface area (Å²) < 4.78 is 0. The lowest BCUT2D eigenvalue weighted by Crippen LogP contribution is -2.56. The molecule has 0 aromatic heterocycles. The Kier molecular flexibility index (Phi) is 3.39. The van der Waals surface area contributed by atoms with Crippen LogP contribution in [0.1, 0.15) is 19.3 Å². The third-order valence-corrected chi connectivity index (χ3v) is 5.00. The van der Waals surface area contributed by atoms with Gasteiger partial charge in [0.25, 0.3) is 0 Å². The minimum absolute atomic E-state index is 0.159. The number of rotatable bonds is 1. The van der Waals surface area contributed by atoms with Gasteiger partial charge in [0.1, 0.15) is 0 Å². The third kappa shape index (κ3) is 2.24. The molecule has 3 saturated heterocycles. The quantitative estimate of drug-likeness (QED) is 0.661. The minimum Gasteiger partial charge on any atom is -0.390 e. The average Bonchev–Trinajstić information content (AvgIpc) is 2.75. The predicted molar refractivity (Wildman–Crippen MR) is 68.0 cm³/mol. The van der Waals surface area contributed by atoms with Gasteiger partial charge in [0.15, 0.2) is 0 Å². The molecule has 0 aromatic carbocycles. The molecule has 3 rings (SSSR count). The minimum atomic E-state index is -0.159. The fourth-order valence-electron chi connectivity index (χ4n) is 4.01. The molecule has 0 spiro atoms. The molecule has 4 nitrogen and oxygen atoms in total. The van der Waals surface area contributed by atoms with E-state index in [1.54, 1.807) is 0 Å². The van der Waals surface area contributed by atoms with E-state index >= 15 is 0 Å². The van der Waals surface area contributed by atoms with E-state index in [0.29, 0.717) is 6.04 Å². The molecule has 3 aliphatic heterocycles. The van der Waals surface area contributed by atoms with Crippen LogP contribution in [0, 0.1) is 5.92 Å². The van der Waals surface area contributed by atoms with Gasteiger partial charge in [0.05, 0.1) is 6.10 Å². The maximum Gasteiger partial charge on any atom is 0.0831 e. The predicted octanol–water partition coefficient (Wildman–Crippen LogP) is -0.265. The zero-order valence-electron chi connectivity index (χ0n) is 10.8. The molecular weight excluding hydrogens is 214 g/mol. The van der Waals surface area contributed by atoms with Crippen LogP contribution >= 0.6 is 0 Å². The van der Waals surface area contributed by atoms with Gasteiger partial charge in [-0.1, -0.05) is 0 Å². The number of hydrogen-bond donors (Lipinski definition) is 2. The van der Waals surface area contributed by atoms with Crippen LogP contribution in [0.5, 0.6) is 0 Å². The number of aliphatic hydroxyl groups is 1. The number of hydrogen-bond acceptors (Lipinski definition) is 4. The van der Waals surface area contributed by atoms with E-state index in [4.69, 9.17) is 0 Å². The molecule has 3 heterocycles. The van der Waals surface area contributed by atoms with Crippen LogP contribution in [0.2, 0.25) is 0 Å². The zero-order chi connectivity index (χ0) is 11.8. The lowest BCUT2D eigenvalue weighted by molar-refractivity contribution is -0.00163. The largest absolute Gasteiger partial charge is 0.390 e. The summed E-state index contributed by atoms with van der Waals surface area (Å²) in [6.45, 7) is 5.37. The van der Waals surface area contributed by atoms with Crippen molar-refractivity contribution in [3.63, 3.8) is 0 Å². The molecule has 4 atom stereocenters. The van der Waals surface area contributed by atoms with Gasteiger partial charge in [-0.25, -0.2) is 0 Å². The van der Waals surface area contributed by atoms with E-state index in [0.717, 1.165) is 31.6 Å². The highest BCUT2D eigenvalue weighted by Gasteiger charge is 2.39. The van der Waals surface area contributed by atoms with Crippen LogP contribution < -0.4 is 5.32 Å². The summed E-state index contributed by atoms with van der Waals surface area (Å²) in [5, 5.41) is 13.3. The smallest absolute Gasteiger partial charge is 0.0831 e. The second-order valence-electron chi connectivity index (χ2n) is 6.03. The first kappa shape index (κ1) is 11.9. The SMILES string of the molecule is CN1CCCC2CN(C3CNCC3O)CCC21. The highest BCUT2D eigenvalue weighted by atomic mass is 16.3. The molecule has 0 aliphatic carbocycles. The van der Waals surface area contributed by atoms with E-state index in [1.165, 1.54) is 32.4 Å². The van der Waals surface area contributed by atoms with Crippen molar-refractivity contribution in [2.24, 2.45) is 5.92 Å². The maximum atomic E-state index is 9.97. The van der Waals surface area contributed by atoms with E-state index < -0.39 is 0 Å². The standard InChI is InChI=1S/C13H25N3O/c1-15-5-2-3-10-9-16(6-4-11(10)15)12-7-14-8-13(12)17/h10-14,17H,2-9H2,1H3. The van der Waals surface area contributed by atoms with Gasteiger partial charge in [-0.3, -0.25) is 4.90 Å². The summed E-state index contributed by atoms with van der Waals surface area (Å²) in [5.74, 6) is 0.829. The molecule has 0 radical (unpaired) electrons. The summed E-state index contributed by atoms with van der Waals surface area (Å²) in [6.07, 6.45) is 3.84. The van der Waals surface area contributed by atoms with Gasteiger partial charge in [-0.05, 0) is 38.8 Å². The Balaban J connectivity index is 1.63. The van der Waals surface area contributed by atoms with Crippen molar-refractivity contribution >= 4 is 0 Å². The van der Waals surface area contributed by atoms with Crippen molar-refractivity contribution in [3.05, 3.63) is 0 Å². The highest BCUT2D eigenvalue weighted by Crippen LogP contribution is 2.31. The molecule has 4 unspecified atom stereocenters. The molecule has 0 saturated carbocycles. The van der Waals surface area contributed by atoms with Gasteiger partial charge in [0.2, 0.25) is 0 Å². The second-order valence-corrected chi connectivity index (χ2v) is 6.03. The van der Waals surface area contributed by atoms with Gasteiger partial charge < -0.3 is 15.3 Å². The second kappa shape index (κ2) is 4.84. The van der Waals surface area contributed by atoms with Gasteiger partial charge in [-0.15, -0.1) is 0 Å². The van der Waals surface area contributed by atoms with Crippen LogP contribution in [0.3, 0.4) is 0 Å². The summed E-state index contributed by atoms with van der Waals surface area (Å²) >= 11 is 0. The Hall–Kier alpha value is -0.160. The number of likely N-dealkylation sites (tertiary alicyclic amines) is 2. The number of fused-ring (bicyclic) bond motifs is 1. The van der Waals surface area contributed by atoms with Gasteiger partial charge in [-0.2, -0.15) is 0 Å². The van der Waals surface area contributed by atoms with Crippen LogP contribution in [-0.4, -0.2) is 72.9 Å². The first-order valence-corrected chi connectivity index (χ1v) is 7.09. The lowest BCUT2D eigenvalue weighted by Gasteiger charge is -2.47. The third-order valence-electron chi connectivity index (χ3n) is 5.00. The first-order chi connectivity index (χ1) is 8.25. The van der Waals surface area contributed by atoms with Gasteiger partial charge >= 0.3 is 0 Å². The number of aliphatic hydroxyl groups excluding tert-OH is 1. The maximum absolute atomic E-state index is 9.97. The molecule has 0 amide bonds. The Labute approximate surface area is 104 Å². The first-order valence-electron chi connectivity index (χ1n) is 7.09. The summed E-state index contributed by atoms with van der Waals surface area (Å²) in [4.78, 5) is 5.08. The van der Waals surface area contributed by atoms with Crippen molar-refractivity contribution in [3.8, 4) is 0 Å². The fraction of sp³-hybridized carbons (Fsp3) is 1.00. The summed E-state index contributed by atoms with van der Waals surface area (Å²) in [6, 6.07) is 1.16. The number of nitrogens with one attached hydrogen (secondary N) is 1. The topological polar surface area (TPSA) is 38.7 Å². The zero-order valence-corrected chi connectivity index (χ0v) is 10.8. The molecular formula is C13H25N3O. The van der Waals surface area contributed by atoms with Crippen LogP contribution in [0.15, 0.2) is 0 Å². The van der Waals surface area contributed by atoms with Crippen LogP contribution in [-0.2, 0) is 0 Å². The van der Waals surface area contributed by atoms with Crippen molar-refractivity contribution in [1.29, 1.82) is 0 Å². The Morgan fingerprint density at radius 3 is 2.76 bits per heavy atom. The molecule has 3 aliphatic rings.